The molecule has 5 nitrogen and oxygen atoms in total. The van der Waals surface area contributed by atoms with Gasteiger partial charge in [0.1, 0.15) is 12.4 Å². The van der Waals surface area contributed by atoms with Crippen molar-refractivity contribution >= 4 is 33.2 Å². The maximum Gasteiger partial charge on any atom is 0.264 e. The summed E-state index contributed by atoms with van der Waals surface area (Å²) < 4.78 is 41.2. The lowest BCUT2D eigenvalue weighted by molar-refractivity contribution is -0.120. The Morgan fingerprint density at radius 1 is 1.03 bits per heavy atom. The first kappa shape index (κ1) is 23.8. The Morgan fingerprint density at radius 2 is 1.66 bits per heavy atom. The molecule has 3 aromatic carbocycles. The zero-order valence-corrected chi connectivity index (χ0v) is 19.5. The Labute approximate surface area is 192 Å². The van der Waals surface area contributed by atoms with Crippen LogP contribution in [0.2, 0.25) is 5.02 Å². The molecule has 3 aromatic rings. The van der Waals surface area contributed by atoms with Gasteiger partial charge in [0.15, 0.2) is 0 Å². The Hall–Kier alpha value is -2.90. The van der Waals surface area contributed by atoms with Gasteiger partial charge in [-0.1, -0.05) is 47.5 Å². The molecule has 0 unspecified atom stereocenters. The van der Waals surface area contributed by atoms with Gasteiger partial charge in [0.2, 0.25) is 5.91 Å². The van der Waals surface area contributed by atoms with Crippen molar-refractivity contribution < 1.29 is 17.6 Å². The Kier molecular flexibility index (Phi) is 7.21. The van der Waals surface area contributed by atoms with Gasteiger partial charge in [-0.2, -0.15) is 0 Å². The minimum absolute atomic E-state index is 0.0712. The van der Waals surface area contributed by atoms with E-state index in [0.717, 1.165) is 9.87 Å². The van der Waals surface area contributed by atoms with Crippen molar-refractivity contribution in [3.63, 3.8) is 0 Å². The lowest BCUT2D eigenvalue weighted by Crippen LogP contribution is -2.42. The van der Waals surface area contributed by atoms with E-state index in [0.29, 0.717) is 21.8 Å². The molecule has 0 aliphatic carbocycles. The number of anilines is 1. The molecule has 8 heteroatoms. The van der Waals surface area contributed by atoms with Crippen molar-refractivity contribution in [3.8, 4) is 0 Å². The van der Waals surface area contributed by atoms with Crippen LogP contribution >= 0.6 is 11.6 Å². The fraction of sp³-hybridized carbons (Fsp3) is 0.208. The molecule has 1 atom stereocenters. The summed E-state index contributed by atoms with van der Waals surface area (Å²) in [5.41, 5.74) is 2.60. The fourth-order valence-corrected chi connectivity index (χ4v) is 4.88. The maximum atomic E-state index is 13.5. The van der Waals surface area contributed by atoms with Crippen LogP contribution in [0, 0.1) is 19.7 Å². The lowest BCUT2D eigenvalue weighted by Gasteiger charge is -2.26. The van der Waals surface area contributed by atoms with Gasteiger partial charge in [-0.05, 0) is 68.3 Å². The minimum Gasteiger partial charge on any atom is -0.348 e. The first-order valence-electron chi connectivity index (χ1n) is 9.98. The number of carbonyl (C=O) groups excluding carboxylic acids is 1. The second-order valence-corrected chi connectivity index (χ2v) is 9.90. The number of aryl methyl sites for hydroxylation is 2. The van der Waals surface area contributed by atoms with Gasteiger partial charge in [0, 0.05) is 5.02 Å². The predicted molar refractivity (Wildman–Crippen MR) is 125 cm³/mol. The smallest absolute Gasteiger partial charge is 0.264 e. The van der Waals surface area contributed by atoms with Gasteiger partial charge >= 0.3 is 0 Å². The van der Waals surface area contributed by atoms with Crippen LogP contribution in [-0.4, -0.2) is 20.9 Å². The van der Waals surface area contributed by atoms with Crippen LogP contribution < -0.4 is 9.62 Å². The van der Waals surface area contributed by atoms with Crippen LogP contribution in [0.15, 0.2) is 71.6 Å². The topological polar surface area (TPSA) is 66.5 Å². The number of nitrogens with one attached hydrogen (secondary N) is 1. The second kappa shape index (κ2) is 9.71. The van der Waals surface area contributed by atoms with E-state index in [9.17, 15) is 17.6 Å². The number of benzene rings is 3. The molecule has 0 spiro atoms. The van der Waals surface area contributed by atoms with E-state index in [1.165, 1.54) is 30.3 Å². The molecule has 0 aromatic heterocycles. The molecule has 168 valence electrons. The van der Waals surface area contributed by atoms with Crippen molar-refractivity contribution in [2.75, 3.05) is 10.8 Å². The molecule has 0 saturated carbocycles. The third-order valence-corrected chi connectivity index (χ3v) is 7.09. The van der Waals surface area contributed by atoms with Crippen LogP contribution in [0.4, 0.5) is 10.1 Å². The quantitative estimate of drug-likeness (QED) is 0.513. The van der Waals surface area contributed by atoms with E-state index in [4.69, 9.17) is 11.6 Å². The van der Waals surface area contributed by atoms with Gasteiger partial charge < -0.3 is 5.32 Å². The Morgan fingerprint density at radius 3 is 2.28 bits per heavy atom. The zero-order valence-electron chi connectivity index (χ0n) is 18.0. The Balaban J connectivity index is 1.94. The van der Waals surface area contributed by atoms with Gasteiger partial charge in [0.05, 0.1) is 16.6 Å². The standard InChI is InChI=1S/C24H24ClFN2O3S/c1-16-4-12-22(13-5-16)32(30,31)28(23-14-20(25)9-6-17(23)2)15-24(29)27-18(3)19-7-10-21(26)11-8-19/h4-14,18H,15H2,1-3H3,(H,27,29)/t18-/m1/s1. The van der Waals surface area contributed by atoms with E-state index in [-0.39, 0.29) is 10.7 Å². The number of amides is 1. The molecule has 0 radical (unpaired) electrons. The van der Waals surface area contributed by atoms with E-state index >= 15 is 0 Å². The van der Waals surface area contributed by atoms with Crippen LogP contribution in [0.5, 0.6) is 0 Å². The molecular formula is C24H24ClFN2O3S. The molecule has 0 heterocycles. The second-order valence-electron chi connectivity index (χ2n) is 7.60. The summed E-state index contributed by atoms with van der Waals surface area (Å²) in [5, 5.41) is 3.14. The molecule has 0 saturated heterocycles. The average molecular weight is 475 g/mol. The molecule has 0 bridgehead atoms. The summed E-state index contributed by atoms with van der Waals surface area (Å²) in [6.45, 7) is 4.92. The number of sulfonamides is 1. The first-order chi connectivity index (χ1) is 15.1. The highest BCUT2D eigenvalue weighted by molar-refractivity contribution is 7.92. The maximum absolute atomic E-state index is 13.5. The first-order valence-corrected chi connectivity index (χ1v) is 11.8. The van der Waals surface area contributed by atoms with Crippen molar-refractivity contribution in [2.24, 2.45) is 0 Å². The highest BCUT2D eigenvalue weighted by atomic mass is 35.5. The van der Waals surface area contributed by atoms with Crippen LogP contribution in [0.25, 0.3) is 0 Å². The third-order valence-electron chi connectivity index (χ3n) is 5.08. The van der Waals surface area contributed by atoms with Gasteiger partial charge in [-0.25, -0.2) is 12.8 Å². The monoisotopic (exact) mass is 474 g/mol. The number of rotatable bonds is 7. The molecule has 0 fully saturated rings. The molecule has 1 amide bonds. The van der Waals surface area contributed by atoms with Crippen molar-refractivity contribution in [3.05, 3.63) is 94.3 Å². The lowest BCUT2D eigenvalue weighted by atomic mass is 10.1. The van der Waals surface area contributed by atoms with E-state index in [1.807, 2.05) is 6.92 Å². The number of hydrogen-bond acceptors (Lipinski definition) is 3. The van der Waals surface area contributed by atoms with E-state index in [2.05, 4.69) is 5.32 Å². The highest BCUT2D eigenvalue weighted by Gasteiger charge is 2.29. The fourth-order valence-electron chi connectivity index (χ4n) is 3.24. The summed E-state index contributed by atoms with van der Waals surface area (Å²) in [7, 11) is -4.05. The molecule has 3 rings (SSSR count). The third kappa shape index (κ3) is 5.47. The highest BCUT2D eigenvalue weighted by Crippen LogP contribution is 2.29. The van der Waals surface area contributed by atoms with E-state index < -0.39 is 28.5 Å². The van der Waals surface area contributed by atoms with Gasteiger partial charge in [-0.15, -0.1) is 0 Å². The summed E-state index contributed by atoms with van der Waals surface area (Å²) >= 11 is 6.14. The molecule has 1 N–H and O–H groups in total. The largest absolute Gasteiger partial charge is 0.348 e. The van der Waals surface area contributed by atoms with Crippen LogP contribution in [-0.2, 0) is 14.8 Å². The number of hydrogen-bond donors (Lipinski definition) is 1. The Bertz CT molecular complexity index is 1210. The normalized spacial score (nSPS) is 12.3. The summed E-state index contributed by atoms with van der Waals surface area (Å²) in [5.74, 6) is -0.879. The van der Waals surface area contributed by atoms with Crippen molar-refractivity contribution in [1.82, 2.24) is 5.32 Å². The van der Waals surface area contributed by atoms with Crippen LogP contribution in [0.1, 0.15) is 29.7 Å². The van der Waals surface area contributed by atoms with Crippen molar-refractivity contribution in [2.45, 2.75) is 31.7 Å². The number of carbonyl (C=O) groups is 1. The van der Waals surface area contributed by atoms with Gasteiger partial charge in [-0.3, -0.25) is 9.10 Å². The van der Waals surface area contributed by atoms with Crippen molar-refractivity contribution in [1.29, 1.82) is 0 Å². The van der Waals surface area contributed by atoms with Crippen LogP contribution in [0.3, 0.4) is 0 Å². The summed E-state index contributed by atoms with van der Waals surface area (Å²) in [4.78, 5) is 13.0. The van der Waals surface area contributed by atoms with Gasteiger partial charge in [0.25, 0.3) is 10.0 Å². The minimum atomic E-state index is -4.05. The van der Waals surface area contributed by atoms with E-state index in [1.54, 1.807) is 50.2 Å². The predicted octanol–water partition coefficient (Wildman–Crippen LogP) is 5.17. The summed E-state index contributed by atoms with van der Waals surface area (Å²) in [6.07, 6.45) is 0. The molecular weight excluding hydrogens is 451 g/mol. The zero-order chi connectivity index (χ0) is 23.5. The molecule has 0 aliphatic heterocycles. The average Bonchev–Trinajstić information content (AvgIpc) is 2.74. The number of halogens is 2. The molecule has 32 heavy (non-hydrogen) atoms. The molecule has 0 aliphatic rings. The SMILES string of the molecule is Cc1ccc(S(=O)(=O)N(CC(=O)N[C@H](C)c2ccc(F)cc2)c2cc(Cl)ccc2C)cc1. The summed E-state index contributed by atoms with van der Waals surface area (Å²) in [6, 6.07) is 16.6. The number of nitrogens with zero attached hydrogens (tertiary/aromatic N) is 1.